The number of hydrogen-bond donors (Lipinski definition) is 2. The van der Waals surface area contributed by atoms with Gasteiger partial charge in [0, 0.05) is 26.6 Å². The highest BCUT2D eigenvalue weighted by Gasteiger charge is 2.35. The van der Waals surface area contributed by atoms with Crippen LogP contribution in [-0.4, -0.2) is 47.6 Å². The maximum Gasteiger partial charge on any atom is 0.225 e. The molecule has 2 rings (SSSR count). The van der Waals surface area contributed by atoms with E-state index in [0.717, 1.165) is 25.7 Å². The number of aliphatic hydroxyl groups is 1. The van der Waals surface area contributed by atoms with Crippen LogP contribution < -0.4 is 5.32 Å². The van der Waals surface area contributed by atoms with Crippen molar-refractivity contribution in [1.29, 1.82) is 0 Å². The molecule has 0 aromatic rings. The lowest BCUT2D eigenvalue weighted by Crippen LogP contribution is -2.43. The zero-order chi connectivity index (χ0) is 12.5. The minimum atomic E-state index is -0.718. The van der Waals surface area contributed by atoms with Crippen molar-refractivity contribution in [3.05, 3.63) is 0 Å². The van der Waals surface area contributed by atoms with E-state index >= 15 is 0 Å². The molecule has 1 saturated heterocycles. The first-order chi connectivity index (χ1) is 8.00. The summed E-state index contributed by atoms with van der Waals surface area (Å²) in [5.41, 5.74) is -0.718. The third-order valence-corrected chi connectivity index (χ3v) is 3.84. The number of carbonyl (C=O) groups excluding carboxylic acids is 2. The van der Waals surface area contributed by atoms with Crippen LogP contribution in [0.15, 0.2) is 0 Å². The van der Waals surface area contributed by atoms with Gasteiger partial charge in [0.05, 0.1) is 11.5 Å². The molecule has 0 aromatic carbocycles. The Labute approximate surface area is 101 Å². The van der Waals surface area contributed by atoms with Gasteiger partial charge in [0.25, 0.3) is 0 Å². The molecule has 0 radical (unpaired) electrons. The molecule has 0 spiro atoms. The summed E-state index contributed by atoms with van der Waals surface area (Å²) >= 11 is 0. The Morgan fingerprint density at radius 3 is 2.71 bits per heavy atom. The molecule has 96 valence electrons. The quantitative estimate of drug-likeness (QED) is 0.723. The highest BCUT2D eigenvalue weighted by Crippen LogP contribution is 2.28. The van der Waals surface area contributed by atoms with Gasteiger partial charge in [-0.05, 0) is 12.8 Å². The van der Waals surface area contributed by atoms with E-state index in [1.165, 1.54) is 0 Å². The molecule has 1 aliphatic carbocycles. The van der Waals surface area contributed by atoms with Gasteiger partial charge in [-0.2, -0.15) is 0 Å². The van der Waals surface area contributed by atoms with E-state index < -0.39 is 5.60 Å². The fourth-order valence-corrected chi connectivity index (χ4v) is 2.65. The van der Waals surface area contributed by atoms with Gasteiger partial charge in [-0.15, -0.1) is 0 Å². The first-order valence-electron chi connectivity index (χ1n) is 6.24. The van der Waals surface area contributed by atoms with Gasteiger partial charge in [0.15, 0.2) is 0 Å². The second-order valence-electron chi connectivity index (χ2n) is 5.32. The summed E-state index contributed by atoms with van der Waals surface area (Å²) in [5.74, 6) is -0.342. The minimum Gasteiger partial charge on any atom is -0.388 e. The van der Waals surface area contributed by atoms with E-state index in [9.17, 15) is 14.7 Å². The molecule has 1 heterocycles. The maximum atomic E-state index is 11.8. The zero-order valence-electron chi connectivity index (χ0n) is 10.2. The summed E-state index contributed by atoms with van der Waals surface area (Å²) in [7, 11) is 1.71. The fourth-order valence-electron chi connectivity index (χ4n) is 2.65. The molecule has 2 amide bonds. The predicted octanol–water partition coefficient (Wildman–Crippen LogP) is -0.114. The van der Waals surface area contributed by atoms with Gasteiger partial charge in [0.2, 0.25) is 11.8 Å². The number of amides is 2. The largest absolute Gasteiger partial charge is 0.388 e. The molecule has 5 heteroatoms. The van der Waals surface area contributed by atoms with E-state index in [-0.39, 0.29) is 17.7 Å². The average Bonchev–Trinajstić information content (AvgIpc) is 2.85. The molecule has 1 unspecified atom stereocenters. The lowest BCUT2D eigenvalue weighted by atomic mass is 10.0. The van der Waals surface area contributed by atoms with E-state index in [1.807, 2.05) is 0 Å². The molecule has 0 bridgehead atoms. The monoisotopic (exact) mass is 240 g/mol. The lowest BCUT2D eigenvalue weighted by Gasteiger charge is -2.23. The van der Waals surface area contributed by atoms with Crippen molar-refractivity contribution < 1.29 is 14.7 Å². The summed E-state index contributed by atoms with van der Waals surface area (Å²) < 4.78 is 0. The van der Waals surface area contributed by atoms with E-state index in [0.29, 0.717) is 19.5 Å². The van der Waals surface area contributed by atoms with Crippen LogP contribution in [0, 0.1) is 5.92 Å². The average molecular weight is 240 g/mol. The maximum absolute atomic E-state index is 11.8. The van der Waals surface area contributed by atoms with Crippen molar-refractivity contribution >= 4 is 11.8 Å². The van der Waals surface area contributed by atoms with Crippen molar-refractivity contribution in [3.63, 3.8) is 0 Å². The highest BCUT2D eigenvalue weighted by atomic mass is 16.3. The summed E-state index contributed by atoms with van der Waals surface area (Å²) in [6.07, 6.45) is 3.86. The Balaban J connectivity index is 1.80. The molecule has 1 aliphatic heterocycles. The molecule has 5 nitrogen and oxygen atoms in total. The number of nitrogens with one attached hydrogen (secondary N) is 1. The van der Waals surface area contributed by atoms with Crippen LogP contribution in [0.1, 0.15) is 32.1 Å². The molecule has 1 saturated carbocycles. The molecule has 0 aromatic heterocycles. The molecular weight excluding hydrogens is 220 g/mol. The number of nitrogens with zero attached hydrogens (tertiary/aromatic N) is 1. The van der Waals surface area contributed by atoms with Crippen molar-refractivity contribution in [1.82, 2.24) is 10.2 Å². The first kappa shape index (κ1) is 12.4. The summed E-state index contributed by atoms with van der Waals surface area (Å²) in [6, 6.07) is 0. The van der Waals surface area contributed by atoms with Crippen LogP contribution in [-0.2, 0) is 9.59 Å². The van der Waals surface area contributed by atoms with Crippen LogP contribution in [0.5, 0.6) is 0 Å². The van der Waals surface area contributed by atoms with Crippen LogP contribution in [0.3, 0.4) is 0 Å². The molecule has 2 N–H and O–H groups in total. The molecule has 2 fully saturated rings. The second-order valence-corrected chi connectivity index (χ2v) is 5.32. The molecule has 17 heavy (non-hydrogen) atoms. The molecular formula is C12H20N2O3. The number of carbonyl (C=O) groups is 2. The van der Waals surface area contributed by atoms with Crippen molar-refractivity contribution in [3.8, 4) is 0 Å². The Kier molecular flexibility index (Phi) is 3.38. The lowest BCUT2D eigenvalue weighted by molar-refractivity contribution is -0.128. The second kappa shape index (κ2) is 4.64. The Morgan fingerprint density at radius 2 is 2.18 bits per heavy atom. The smallest absolute Gasteiger partial charge is 0.225 e. The van der Waals surface area contributed by atoms with Gasteiger partial charge in [-0.3, -0.25) is 9.59 Å². The number of hydrogen-bond acceptors (Lipinski definition) is 3. The third-order valence-electron chi connectivity index (χ3n) is 3.84. The van der Waals surface area contributed by atoms with E-state index in [2.05, 4.69) is 5.32 Å². The van der Waals surface area contributed by atoms with Crippen molar-refractivity contribution in [2.24, 2.45) is 5.92 Å². The van der Waals surface area contributed by atoms with E-state index in [1.54, 1.807) is 11.9 Å². The minimum absolute atomic E-state index is 0.0183. The topological polar surface area (TPSA) is 69.6 Å². The Hall–Kier alpha value is -1.10. The molecule has 1 atom stereocenters. The SMILES string of the molecule is CN1CC(C(=O)NCC2(O)CCCC2)CC1=O. The first-order valence-corrected chi connectivity index (χ1v) is 6.24. The van der Waals surface area contributed by atoms with Crippen molar-refractivity contribution in [2.75, 3.05) is 20.1 Å². The van der Waals surface area contributed by atoms with Crippen LogP contribution in [0.4, 0.5) is 0 Å². The van der Waals surface area contributed by atoms with Gasteiger partial charge in [-0.1, -0.05) is 12.8 Å². The molecule has 2 aliphatic rings. The summed E-state index contributed by atoms with van der Waals surface area (Å²) in [6.45, 7) is 0.809. The third kappa shape index (κ3) is 2.77. The van der Waals surface area contributed by atoms with E-state index in [4.69, 9.17) is 0 Å². The normalized spacial score (nSPS) is 27.5. The Bertz CT molecular complexity index is 324. The Morgan fingerprint density at radius 1 is 1.53 bits per heavy atom. The highest BCUT2D eigenvalue weighted by molar-refractivity contribution is 5.89. The predicted molar refractivity (Wildman–Crippen MR) is 62.2 cm³/mol. The zero-order valence-corrected chi connectivity index (χ0v) is 10.2. The number of likely N-dealkylation sites (tertiary alicyclic amines) is 1. The van der Waals surface area contributed by atoms with Crippen LogP contribution in [0.25, 0.3) is 0 Å². The van der Waals surface area contributed by atoms with Gasteiger partial charge >= 0.3 is 0 Å². The van der Waals surface area contributed by atoms with Crippen LogP contribution in [0.2, 0.25) is 0 Å². The number of rotatable bonds is 3. The summed E-state index contributed by atoms with van der Waals surface area (Å²) in [4.78, 5) is 24.7. The van der Waals surface area contributed by atoms with Gasteiger partial charge < -0.3 is 15.3 Å². The van der Waals surface area contributed by atoms with Gasteiger partial charge in [-0.25, -0.2) is 0 Å². The van der Waals surface area contributed by atoms with Gasteiger partial charge in [0.1, 0.15) is 0 Å². The van der Waals surface area contributed by atoms with Crippen molar-refractivity contribution in [2.45, 2.75) is 37.7 Å². The summed E-state index contributed by atoms with van der Waals surface area (Å²) in [5, 5.41) is 12.9. The standard InChI is InChI=1S/C12H20N2O3/c1-14-7-9(6-10(14)15)11(16)13-8-12(17)4-2-3-5-12/h9,17H,2-8H2,1H3,(H,13,16). The van der Waals surface area contributed by atoms with Crippen LogP contribution >= 0.6 is 0 Å². The fraction of sp³-hybridized carbons (Fsp3) is 0.833.